The van der Waals surface area contributed by atoms with Crippen molar-refractivity contribution in [3.63, 3.8) is 0 Å². The zero-order chi connectivity index (χ0) is 15.6. The number of aryl methyl sites for hydroxylation is 2. The van der Waals surface area contributed by atoms with Crippen LogP contribution in [0.3, 0.4) is 0 Å². The highest BCUT2D eigenvalue weighted by atomic mass is 32.2. The number of sulfone groups is 1. The van der Waals surface area contributed by atoms with Gasteiger partial charge in [0, 0.05) is 31.0 Å². The lowest BCUT2D eigenvalue weighted by molar-refractivity contribution is 0.586. The molecule has 0 aliphatic heterocycles. The first kappa shape index (κ1) is 15.7. The van der Waals surface area contributed by atoms with Crippen LogP contribution in [0.25, 0.3) is 0 Å². The summed E-state index contributed by atoms with van der Waals surface area (Å²) in [6.07, 6.45) is 1.83. The fourth-order valence-electron chi connectivity index (χ4n) is 2.36. The van der Waals surface area contributed by atoms with Crippen LogP contribution in [-0.4, -0.2) is 24.5 Å². The Morgan fingerprint density at radius 3 is 2.67 bits per heavy atom. The van der Waals surface area contributed by atoms with Crippen LogP contribution < -0.4 is 5.73 Å². The quantitative estimate of drug-likeness (QED) is 0.914. The molecule has 114 valence electrons. The molecule has 1 atom stereocenters. The third-order valence-corrected chi connectivity index (χ3v) is 4.54. The standard InChI is InChI=1S/C15H21N3O2S/c1-4-18-13(8-11(2)17-18)10-15(16)12-6-5-7-14(9-12)21(3,19)20/h5-9,15H,4,10,16H2,1-3H3. The smallest absolute Gasteiger partial charge is 0.175 e. The summed E-state index contributed by atoms with van der Waals surface area (Å²) in [6.45, 7) is 4.77. The Morgan fingerprint density at radius 2 is 2.05 bits per heavy atom. The summed E-state index contributed by atoms with van der Waals surface area (Å²) in [5, 5.41) is 4.40. The summed E-state index contributed by atoms with van der Waals surface area (Å²) >= 11 is 0. The second-order valence-corrected chi connectivity index (χ2v) is 7.26. The Bertz CT molecular complexity index is 735. The van der Waals surface area contributed by atoms with Gasteiger partial charge in [-0.2, -0.15) is 5.10 Å². The maximum absolute atomic E-state index is 11.6. The van der Waals surface area contributed by atoms with Gasteiger partial charge in [-0.1, -0.05) is 12.1 Å². The number of benzene rings is 1. The van der Waals surface area contributed by atoms with Crippen LogP contribution >= 0.6 is 0 Å². The molecule has 2 rings (SSSR count). The molecule has 21 heavy (non-hydrogen) atoms. The molecular weight excluding hydrogens is 286 g/mol. The molecule has 1 unspecified atom stereocenters. The third-order valence-electron chi connectivity index (χ3n) is 3.43. The van der Waals surface area contributed by atoms with E-state index >= 15 is 0 Å². The Balaban J connectivity index is 2.26. The highest BCUT2D eigenvalue weighted by molar-refractivity contribution is 7.90. The molecule has 0 spiro atoms. The van der Waals surface area contributed by atoms with E-state index in [1.54, 1.807) is 18.2 Å². The van der Waals surface area contributed by atoms with Crippen LogP contribution in [-0.2, 0) is 22.8 Å². The van der Waals surface area contributed by atoms with Crippen molar-refractivity contribution in [1.82, 2.24) is 9.78 Å². The van der Waals surface area contributed by atoms with Gasteiger partial charge in [-0.3, -0.25) is 4.68 Å². The lowest BCUT2D eigenvalue weighted by atomic mass is 10.0. The minimum atomic E-state index is -3.21. The van der Waals surface area contributed by atoms with Gasteiger partial charge >= 0.3 is 0 Å². The van der Waals surface area contributed by atoms with Gasteiger partial charge in [0.05, 0.1) is 10.6 Å². The van der Waals surface area contributed by atoms with Gasteiger partial charge in [0.1, 0.15) is 0 Å². The van der Waals surface area contributed by atoms with Crippen LogP contribution in [0.1, 0.15) is 29.9 Å². The van der Waals surface area contributed by atoms with E-state index in [1.807, 2.05) is 30.7 Å². The largest absolute Gasteiger partial charge is 0.324 e. The molecule has 2 N–H and O–H groups in total. The van der Waals surface area contributed by atoms with Crippen molar-refractivity contribution >= 4 is 9.84 Å². The fourth-order valence-corrected chi connectivity index (χ4v) is 3.03. The summed E-state index contributed by atoms with van der Waals surface area (Å²) in [7, 11) is -3.21. The molecule has 1 heterocycles. The lowest BCUT2D eigenvalue weighted by Crippen LogP contribution is -2.16. The Labute approximate surface area is 125 Å². The van der Waals surface area contributed by atoms with E-state index in [4.69, 9.17) is 5.73 Å². The van der Waals surface area contributed by atoms with Crippen molar-refractivity contribution in [3.05, 3.63) is 47.3 Å². The predicted octanol–water partition coefficient (Wildman–Crippen LogP) is 1.86. The van der Waals surface area contributed by atoms with E-state index in [2.05, 4.69) is 5.10 Å². The molecule has 0 bridgehead atoms. The molecule has 0 saturated heterocycles. The number of nitrogens with zero attached hydrogens (tertiary/aromatic N) is 2. The molecule has 0 aliphatic carbocycles. The van der Waals surface area contributed by atoms with E-state index in [0.29, 0.717) is 11.3 Å². The van der Waals surface area contributed by atoms with Gasteiger partial charge < -0.3 is 5.73 Å². The zero-order valence-electron chi connectivity index (χ0n) is 12.6. The van der Waals surface area contributed by atoms with Crippen LogP contribution in [0.5, 0.6) is 0 Å². The van der Waals surface area contributed by atoms with Gasteiger partial charge in [-0.05, 0) is 37.6 Å². The molecule has 1 aromatic heterocycles. The predicted molar refractivity (Wildman–Crippen MR) is 82.8 cm³/mol. The summed E-state index contributed by atoms with van der Waals surface area (Å²) in [5.41, 5.74) is 9.08. The first-order chi connectivity index (χ1) is 9.81. The minimum Gasteiger partial charge on any atom is -0.324 e. The number of rotatable bonds is 5. The summed E-state index contributed by atoms with van der Waals surface area (Å²) in [4.78, 5) is 0.302. The van der Waals surface area contributed by atoms with E-state index in [1.165, 1.54) is 6.26 Å². The number of aromatic nitrogens is 2. The highest BCUT2D eigenvalue weighted by Crippen LogP contribution is 2.20. The zero-order valence-corrected chi connectivity index (χ0v) is 13.4. The summed E-state index contributed by atoms with van der Waals surface area (Å²) < 4.78 is 25.2. The van der Waals surface area contributed by atoms with E-state index < -0.39 is 9.84 Å². The van der Waals surface area contributed by atoms with Gasteiger partial charge in [0.15, 0.2) is 9.84 Å². The molecule has 2 aromatic rings. The monoisotopic (exact) mass is 307 g/mol. The molecule has 0 aliphatic rings. The van der Waals surface area contributed by atoms with Crippen LogP contribution in [0.4, 0.5) is 0 Å². The Morgan fingerprint density at radius 1 is 1.33 bits per heavy atom. The van der Waals surface area contributed by atoms with Crippen molar-refractivity contribution < 1.29 is 8.42 Å². The van der Waals surface area contributed by atoms with Gasteiger partial charge in [0.25, 0.3) is 0 Å². The van der Waals surface area contributed by atoms with Crippen molar-refractivity contribution in [1.29, 1.82) is 0 Å². The number of hydrogen-bond donors (Lipinski definition) is 1. The summed E-state index contributed by atoms with van der Waals surface area (Å²) in [6, 6.07) is 8.59. The minimum absolute atomic E-state index is 0.256. The first-order valence-electron chi connectivity index (χ1n) is 6.90. The highest BCUT2D eigenvalue weighted by Gasteiger charge is 2.14. The third kappa shape index (κ3) is 3.71. The molecule has 5 nitrogen and oxygen atoms in total. The van der Waals surface area contributed by atoms with Crippen LogP contribution in [0.15, 0.2) is 35.2 Å². The molecule has 0 saturated carbocycles. The van der Waals surface area contributed by atoms with Gasteiger partial charge in [-0.15, -0.1) is 0 Å². The molecule has 6 heteroatoms. The average molecular weight is 307 g/mol. The molecule has 0 amide bonds. The van der Waals surface area contributed by atoms with Crippen LogP contribution in [0.2, 0.25) is 0 Å². The summed E-state index contributed by atoms with van der Waals surface area (Å²) in [5.74, 6) is 0. The Hall–Kier alpha value is -1.66. The second kappa shape index (κ2) is 5.99. The van der Waals surface area contributed by atoms with Crippen molar-refractivity contribution in [2.45, 2.75) is 37.8 Å². The second-order valence-electron chi connectivity index (χ2n) is 5.25. The van der Waals surface area contributed by atoms with Crippen LogP contribution in [0, 0.1) is 6.92 Å². The topological polar surface area (TPSA) is 78.0 Å². The number of nitrogens with two attached hydrogens (primary N) is 1. The SMILES string of the molecule is CCn1nc(C)cc1CC(N)c1cccc(S(C)(=O)=O)c1. The van der Waals surface area contributed by atoms with Gasteiger partial charge in [0.2, 0.25) is 0 Å². The molecular formula is C15H21N3O2S. The number of hydrogen-bond acceptors (Lipinski definition) is 4. The maximum Gasteiger partial charge on any atom is 0.175 e. The molecule has 0 radical (unpaired) electrons. The van der Waals surface area contributed by atoms with E-state index in [0.717, 1.165) is 23.5 Å². The lowest BCUT2D eigenvalue weighted by Gasteiger charge is -2.14. The Kier molecular flexibility index (Phi) is 4.49. The van der Waals surface area contributed by atoms with Crippen molar-refractivity contribution in [2.75, 3.05) is 6.26 Å². The normalized spacial score (nSPS) is 13.3. The first-order valence-corrected chi connectivity index (χ1v) is 8.79. The van der Waals surface area contributed by atoms with E-state index in [-0.39, 0.29) is 6.04 Å². The fraction of sp³-hybridized carbons (Fsp3) is 0.400. The molecule has 1 aromatic carbocycles. The maximum atomic E-state index is 11.6. The van der Waals surface area contributed by atoms with E-state index in [9.17, 15) is 8.42 Å². The van der Waals surface area contributed by atoms with Crippen molar-refractivity contribution in [2.24, 2.45) is 5.73 Å². The molecule has 0 fully saturated rings. The average Bonchev–Trinajstić information content (AvgIpc) is 2.78. The van der Waals surface area contributed by atoms with Crippen molar-refractivity contribution in [3.8, 4) is 0 Å². The van der Waals surface area contributed by atoms with Gasteiger partial charge in [-0.25, -0.2) is 8.42 Å².